The first-order chi connectivity index (χ1) is 11.9. The first-order valence-corrected chi connectivity index (χ1v) is 9.17. The Hall–Kier alpha value is -2.52. The van der Waals surface area contributed by atoms with Crippen molar-refractivity contribution < 1.29 is 14.1 Å². The van der Waals surface area contributed by atoms with E-state index in [-0.39, 0.29) is 11.8 Å². The molecule has 3 aromatic heterocycles. The summed E-state index contributed by atoms with van der Waals surface area (Å²) >= 11 is 2.91. The van der Waals surface area contributed by atoms with Crippen molar-refractivity contribution in [3.8, 4) is 10.6 Å². The number of nitrogens with zero attached hydrogens (tertiary/aromatic N) is 2. The van der Waals surface area contributed by atoms with E-state index in [9.17, 15) is 9.59 Å². The highest BCUT2D eigenvalue weighted by molar-refractivity contribution is 7.17. The van der Waals surface area contributed by atoms with E-state index in [4.69, 9.17) is 4.52 Å². The Morgan fingerprint density at radius 3 is 2.76 bits per heavy atom. The van der Waals surface area contributed by atoms with Crippen LogP contribution in [-0.2, 0) is 11.3 Å². The molecule has 0 atom stereocenters. The van der Waals surface area contributed by atoms with Gasteiger partial charge in [-0.15, -0.1) is 22.7 Å². The van der Waals surface area contributed by atoms with Crippen molar-refractivity contribution >= 4 is 39.6 Å². The van der Waals surface area contributed by atoms with Gasteiger partial charge in [0.15, 0.2) is 5.13 Å². The topological polar surface area (TPSA) is 97.1 Å². The van der Waals surface area contributed by atoms with Gasteiger partial charge in [-0.3, -0.25) is 14.9 Å². The summed E-state index contributed by atoms with van der Waals surface area (Å²) in [4.78, 5) is 29.8. The predicted octanol–water partition coefficient (Wildman–Crippen LogP) is 3.36. The lowest BCUT2D eigenvalue weighted by Crippen LogP contribution is -2.17. The molecule has 7 nitrogen and oxygen atoms in total. The molecule has 0 unspecified atom stereocenters. The van der Waals surface area contributed by atoms with Crippen LogP contribution in [-0.4, -0.2) is 22.0 Å². The summed E-state index contributed by atoms with van der Waals surface area (Å²) in [5.41, 5.74) is 1.77. The van der Waals surface area contributed by atoms with Crippen LogP contribution >= 0.6 is 22.7 Å². The molecule has 0 radical (unpaired) electrons. The SMILES string of the molecule is CC(=O)NCc1ccc(-c2csc(NC(=O)c3c(C)noc3C)n2)s1. The van der Waals surface area contributed by atoms with Gasteiger partial charge < -0.3 is 9.84 Å². The molecule has 0 aliphatic rings. The summed E-state index contributed by atoms with van der Waals surface area (Å²) in [7, 11) is 0. The third-order valence-electron chi connectivity index (χ3n) is 3.41. The van der Waals surface area contributed by atoms with Crippen LogP contribution in [0.15, 0.2) is 22.0 Å². The van der Waals surface area contributed by atoms with Crippen LogP contribution in [0, 0.1) is 13.8 Å². The highest BCUT2D eigenvalue weighted by Crippen LogP contribution is 2.31. The van der Waals surface area contributed by atoms with Crippen LogP contribution < -0.4 is 10.6 Å². The predicted molar refractivity (Wildman–Crippen MR) is 96.9 cm³/mol. The van der Waals surface area contributed by atoms with Crippen LogP contribution in [0.3, 0.4) is 0 Å². The zero-order valence-electron chi connectivity index (χ0n) is 13.9. The van der Waals surface area contributed by atoms with Crippen molar-refractivity contribution in [3.63, 3.8) is 0 Å². The van der Waals surface area contributed by atoms with Crippen molar-refractivity contribution in [2.45, 2.75) is 27.3 Å². The molecule has 3 rings (SSSR count). The molecule has 9 heteroatoms. The minimum absolute atomic E-state index is 0.0621. The van der Waals surface area contributed by atoms with Gasteiger partial charge in [0.1, 0.15) is 11.3 Å². The van der Waals surface area contributed by atoms with Crippen molar-refractivity contribution in [3.05, 3.63) is 39.4 Å². The first kappa shape index (κ1) is 17.3. The molecule has 0 aliphatic carbocycles. The van der Waals surface area contributed by atoms with Gasteiger partial charge >= 0.3 is 0 Å². The Morgan fingerprint density at radius 2 is 2.08 bits per heavy atom. The second kappa shape index (κ2) is 7.16. The molecule has 0 bridgehead atoms. The van der Waals surface area contributed by atoms with Gasteiger partial charge in [0.05, 0.1) is 22.8 Å². The zero-order valence-corrected chi connectivity index (χ0v) is 15.5. The summed E-state index contributed by atoms with van der Waals surface area (Å²) in [5, 5.41) is 11.7. The molecule has 0 aromatic carbocycles. The van der Waals surface area contributed by atoms with Crippen molar-refractivity contribution in [1.82, 2.24) is 15.5 Å². The Bertz CT molecular complexity index is 906. The van der Waals surface area contributed by atoms with E-state index in [2.05, 4.69) is 20.8 Å². The van der Waals surface area contributed by atoms with E-state index in [1.807, 2.05) is 17.5 Å². The molecule has 0 saturated heterocycles. The number of amides is 2. The highest BCUT2D eigenvalue weighted by Gasteiger charge is 2.19. The summed E-state index contributed by atoms with van der Waals surface area (Å²) in [6, 6.07) is 3.91. The van der Waals surface area contributed by atoms with Crippen molar-refractivity contribution in [2.75, 3.05) is 5.32 Å². The quantitative estimate of drug-likeness (QED) is 0.712. The third kappa shape index (κ3) is 3.94. The largest absolute Gasteiger partial charge is 0.361 e. The summed E-state index contributed by atoms with van der Waals surface area (Å²) in [5.74, 6) is 0.134. The smallest absolute Gasteiger partial charge is 0.262 e. The Labute approximate surface area is 152 Å². The number of nitrogens with one attached hydrogen (secondary N) is 2. The lowest BCUT2D eigenvalue weighted by Gasteiger charge is -2.00. The van der Waals surface area contributed by atoms with Crippen molar-refractivity contribution in [2.24, 2.45) is 0 Å². The number of thiazole rings is 1. The fourth-order valence-corrected chi connectivity index (χ4v) is 3.92. The van der Waals surface area contributed by atoms with E-state index in [1.54, 1.807) is 25.2 Å². The average molecular weight is 376 g/mol. The summed E-state index contributed by atoms with van der Waals surface area (Å²) in [6.07, 6.45) is 0. The standard InChI is InChI=1S/C16H16N4O3S2/c1-8-14(9(2)23-20-8)15(22)19-16-18-12(7-24-16)13-5-4-11(25-13)6-17-10(3)21/h4-5,7H,6H2,1-3H3,(H,17,21)(H,18,19,22). The van der Waals surface area contributed by atoms with E-state index >= 15 is 0 Å². The van der Waals surface area contributed by atoms with Gasteiger partial charge in [-0.05, 0) is 26.0 Å². The zero-order chi connectivity index (χ0) is 18.0. The lowest BCUT2D eigenvalue weighted by atomic mass is 10.2. The monoisotopic (exact) mass is 376 g/mol. The van der Waals surface area contributed by atoms with E-state index < -0.39 is 0 Å². The second-order valence-electron chi connectivity index (χ2n) is 5.37. The van der Waals surface area contributed by atoms with Crippen LogP contribution in [0.5, 0.6) is 0 Å². The van der Waals surface area contributed by atoms with Crippen LogP contribution in [0.1, 0.15) is 33.6 Å². The average Bonchev–Trinajstić information content (AvgIpc) is 3.25. The van der Waals surface area contributed by atoms with E-state index in [0.717, 1.165) is 15.4 Å². The number of hydrogen-bond donors (Lipinski definition) is 2. The minimum Gasteiger partial charge on any atom is -0.361 e. The second-order valence-corrected chi connectivity index (χ2v) is 7.39. The summed E-state index contributed by atoms with van der Waals surface area (Å²) in [6.45, 7) is 5.41. The fraction of sp³-hybridized carbons (Fsp3) is 0.250. The molecular formula is C16H16N4O3S2. The fourth-order valence-electron chi connectivity index (χ4n) is 2.23. The van der Waals surface area contributed by atoms with Crippen LogP contribution in [0.4, 0.5) is 5.13 Å². The molecular weight excluding hydrogens is 360 g/mol. The van der Waals surface area contributed by atoms with Gasteiger partial charge in [0.25, 0.3) is 5.91 Å². The van der Waals surface area contributed by atoms with Gasteiger partial charge in [-0.1, -0.05) is 5.16 Å². The number of hydrogen-bond acceptors (Lipinski definition) is 7. The number of aromatic nitrogens is 2. The molecule has 25 heavy (non-hydrogen) atoms. The Kier molecular flexibility index (Phi) is 4.95. The molecule has 0 saturated carbocycles. The lowest BCUT2D eigenvalue weighted by molar-refractivity contribution is -0.119. The number of rotatable bonds is 5. The van der Waals surface area contributed by atoms with Gasteiger partial charge in [-0.25, -0.2) is 4.98 Å². The molecule has 0 fully saturated rings. The van der Waals surface area contributed by atoms with E-state index in [0.29, 0.717) is 28.7 Å². The first-order valence-electron chi connectivity index (χ1n) is 7.47. The minimum atomic E-state index is -0.283. The van der Waals surface area contributed by atoms with Gasteiger partial charge in [0, 0.05) is 17.2 Å². The van der Waals surface area contributed by atoms with Gasteiger partial charge in [-0.2, -0.15) is 0 Å². The van der Waals surface area contributed by atoms with Gasteiger partial charge in [0.2, 0.25) is 5.91 Å². The number of aryl methyl sites for hydroxylation is 2. The number of carbonyl (C=O) groups is 2. The number of thiophene rings is 1. The molecule has 2 N–H and O–H groups in total. The highest BCUT2D eigenvalue weighted by atomic mass is 32.1. The van der Waals surface area contributed by atoms with Crippen molar-refractivity contribution in [1.29, 1.82) is 0 Å². The van der Waals surface area contributed by atoms with Crippen LogP contribution in [0.25, 0.3) is 10.6 Å². The van der Waals surface area contributed by atoms with Crippen LogP contribution in [0.2, 0.25) is 0 Å². The number of carbonyl (C=O) groups excluding carboxylic acids is 2. The Balaban J connectivity index is 1.70. The molecule has 0 spiro atoms. The van der Waals surface area contributed by atoms with E-state index in [1.165, 1.54) is 18.3 Å². The normalized spacial score (nSPS) is 10.7. The molecule has 2 amide bonds. The molecule has 130 valence electrons. The molecule has 3 aromatic rings. The molecule has 3 heterocycles. The number of anilines is 1. The maximum atomic E-state index is 12.3. The third-order valence-corrected chi connectivity index (χ3v) is 5.28. The maximum absolute atomic E-state index is 12.3. The molecule has 0 aliphatic heterocycles. The summed E-state index contributed by atoms with van der Waals surface area (Å²) < 4.78 is 5.02. The Morgan fingerprint density at radius 1 is 1.28 bits per heavy atom. The maximum Gasteiger partial charge on any atom is 0.262 e.